The summed E-state index contributed by atoms with van der Waals surface area (Å²) in [5, 5.41) is 0. The Morgan fingerprint density at radius 3 is 1.19 bits per heavy atom. The fourth-order valence-electron chi connectivity index (χ4n) is 0.534. The third-order valence-corrected chi connectivity index (χ3v) is 1.44. The number of rotatable bonds is 1. The van der Waals surface area contributed by atoms with E-state index in [9.17, 15) is 0 Å². The lowest BCUT2D eigenvalue weighted by Crippen LogP contribution is -1.62. The van der Waals surface area contributed by atoms with Crippen molar-refractivity contribution in [1.82, 2.24) is 0 Å². The quantitative estimate of drug-likeness (QED) is 0.499. The van der Waals surface area contributed by atoms with Crippen molar-refractivity contribution in [3.8, 4) is 0 Å². The lowest BCUT2D eigenvalue weighted by atomic mass is 10.2. The average Bonchev–Trinajstić information content (AvgIpc) is 2.22. The maximum Gasteiger partial charge on any atom is -0.0398 e. The van der Waals surface area contributed by atoms with Crippen LogP contribution in [0.3, 0.4) is 0 Å². The van der Waals surface area contributed by atoms with Crippen LogP contribution in [0.25, 0.3) is 0 Å². The molecule has 100 valence electrons. The number of unbranched alkanes of at least 4 members (excludes halogenated alkanes) is 1. The van der Waals surface area contributed by atoms with E-state index in [-0.39, 0.29) is 22.3 Å². The van der Waals surface area contributed by atoms with Crippen LogP contribution < -0.4 is 0 Å². The maximum atomic E-state index is 2.18. The molecule has 16 heavy (non-hydrogen) atoms. The summed E-state index contributed by atoms with van der Waals surface area (Å²) < 4.78 is 0. The summed E-state index contributed by atoms with van der Waals surface area (Å²) in [6.45, 7) is 10.4. The van der Waals surface area contributed by atoms with Crippen molar-refractivity contribution in [3.05, 3.63) is 35.9 Å². The van der Waals surface area contributed by atoms with Crippen LogP contribution in [-0.4, -0.2) is 0 Å². The molecule has 0 amide bonds. The highest BCUT2D eigenvalue weighted by molar-refractivity contribution is 5.11. The largest absolute Gasteiger partial charge is 0.0776 e. The van der Waals surface area contributed by atoms with E-state index < -0.39 is 0 Å². The van der Waals surface area contributed by atoms with Gasteiger partial charge >= 0.3 is 0 Å². The lowest BCUT2D eigenvalue weighted by Gasteiger charge is -1.82. The molecule has 0 N–H and O–H groups in total. The Kier molecular flexibility index (Phi) is 53.8. The molecule has 0 heterocycles. The molecule has 0 bridgehead atoms. The molecule has 1 aromatic carbocycles. The molecule has 0 aliphatic carbocycles. The first-order valence-electron chi connectivity index (χ1n) is 5.32. The van der Waals surface area contributed by atoms with Gasteiger partial charge in [0.2, 0.25) is 0 Å². The van der Waals surface area contributed by atoms with Crippen molar-refractivity contribution in [3.63, 3.8) is 0 Å². The first-order valence-corrected chi connectivity index (χ1v) is 5.32. The predicted octanol–water partition coefficient (Wildman–Crippen LogP) is 6.74. The molecule has 0 saturated heterocycles. The Bertz CT molecular complexity index is 151. The van der Waals surface area contributed by atoms with Crippen LogP contribution in [0, 0.1) is 6.92 Å². The van der Waals surface area contributed by atoms with Gasteiger partial charge in [-0.1, -0.05) is 98.7 Å². The summed E-state index contributed by atoms with van der Waals surface area (Å²) in [6.07, 6.45) is 2.64. The van der Waals surface area contributed by atoms with Crippen molar-refractivity contribution in [2.24, 2.45) is 0 Å². The molecule has 0 atom stereocenters. The minimum absolute atomic E-state index is 0. The van der Waals surface area contributed by atoms with E-state index >= 15 is 0 Å². The summed E-state index contributed by atoms with van der Waals surface area (Å²) in [5.41, 5.74) is 1.32. The summed E-state index contributed by atoms with van der Waals surface area (Å²) in [5.74, 6) is 0. The van der Waals surface area contributed by atoms with Gasteiger partial charge in [0.15, 0.2) is 0 Å². The molecule has 1 rings (SSSR count). The summed E-state index contributed by atoms with van der Waals surface area (Å²) in [6, 6.07) is 10.3. The smallest absolute Gasteiger partial charge is 0.0398 e. The molecule has 0 radical (unpaired) electrons. The van der Waals surface area contributed by atoms with E-state index in [1.165, 1.54) is 18.4 Å². The van der Waals surface area contributed by atoms with Gasteiger partial charge in [-0.2, -0.15) is 0 Å². The fraction of sp³-hybridized carbons (Fsp3) is 0.625. The van der Waals surface area contributed by atoms with E-state index in [0.717, 1.165) is 0 Å². The van der Waals surface area contributed by atoms with Gasteiger partial charge in [0.25, 0.3) is 0 Å². The molecule has 0 fully saturated rings. The van der Waals surface area contributed by atoms with Crippen LogP contribution in [0.2, 0.25) is 0 Å². The molecule has 0 aliphatic heterocycles. The van der Waals surface area contributed by atoms with Crippen molar-refractivity contribution in [1.29, 1.82) is 0 Å². The number of aryl methyl sites for hydroxylation is 1. The molecule has 0 aromatic heterocycles. The number of hydrogen-bond acceptors (Lipinski definition) is 0. The van der Waals surface area contributed by atoms with Gasteiger partial charge in [0, 0.05) is 0 Å². The highest BCUT2D eigenvalue weighted by Gasteiger charge is 1.72. The Morgan fingerprint density at radius 2 is 1.06 bits per heavy atom. The molecular formula is C16H36. The van der Waals surface area contributed by atoms with Crippen molar-refractivity contribution < 1.29 is 0 Å². The minimum Gasteiger partial charge on any atom is -0.0776 e. The molecule has 0 heteroatoms. The Balaban J connectivity index is -0.0000000403. The van der Waals surface area contributed by atoms with Gasteiger partial charge in [0.05, 0.1) is 0 Å². The standard InChI is InChI=1S/C7H8.C4H10.C2H6.3CH4/c1-7-5-3-2-4-6-7;1-3-4-2;1-2;;;/h2-6H,1H3;3-4H2,1-2H3;1-2H3;3*1H4. The molecule has 0 nitrogen and oxygen atoms in total. The molecule has 1 aromatic rings. The van der Waals surface area contributed by atoms with E-state index in [1.807, 2.05) is 32.0 Å². The fourth-order valence-corrected chi connectivity index (χ4v) is 0.534. The predicted molar refractivity (Wildman–Crippen MR) is 83.3 cm³/mol. The second-order valence-electron chi connectivity index (χ2n) is 2.65. The van der Waals surface area contributed by atoms with Gasteiger partial charge in [-0.3, -0.25) is 0 Å². The van der Waals surface area contributed by atoms with Crippen LogP contribution in [0.4, 0.5) is 0 Å². The van der Waals surface area contributed by atoms with Crippen LogP contribution in [0.15, 0.2) is 30.3 Å². The topological polar surface area (TPSA) is 0 Å². The second-order valence-corrected chi connectivity index (χ2v) is 2.65. The molecule has 0 saturated carbocycles. The van der Waals surface area contributed by atoms with E-state index in [4.69, 9.17) is 0 Å². The van der Waals surface area contributed by atoms with E-state index in [1.54, 1.807) is 0 Å². The normalized spacial score (nSPS) is 6.06. The van der Waals surface area contributed by atoms with Crippen molar-refractivity contribution in [2.45, 2.75) is 69.7 Å². The van der Waals surface area contributed by atoms with Crippen LogP contribution >= 0.6 is 0 Å². The van der Waals surface area contributed by atoms with Gasteiger partial charge in [-0.25, -0.2) is 0 Å². The SMILES string of the molecule is C.C.C.CC.CCCC.Cc1ccccc1. The molecule has 0 spiro atoms. The first-order chi connectivity index (χ1) is 6.31. The number of hydrogen-bond donors (Lipinski definition) is 0. The highest BCUT2D eigenvalue weighted by atomic mass is 13.8. The third-order valence-electron chi connectivity index (χ3n) is 1.44. The van der Waals surface area contributed by atoms with Crippen LogP contribution in [-0.2, 0) is 0 Å². The van der Waals surface area contributed by atoms with Crippen LogP contribution in [0.1, 0.15) is 68.4 Å². The lowest BCUT2D eigenvalue weighted by molar-refractivity contribution is 0.886. The zero-order valence-electron chi connectivity index (χ0n) is 9.80. The summed E-state index contributed by atoms with van der Waals surface area (Å²) in [7, 11) is 0. The van der Waals surface area contributed by atoms with Gasteiger partial charge in [0.1, 0.15) is 0 Å². The summed E-state index contributed by atoms with van der Waals surface area (Å²) >= 11 is 0. The monoisotopic (exact) mass is 228 g/mol. The molecule has 0 aliphatic rings. The Hall–Kier alpha value is -0.780. The first kappa shape index (κ1) is 29.5. The van der Waals surface area contributed by atoms with Crippen LogP contribution in [0.5, 0.6) is 0 Å². The Labute approximate surface area is 106 Å². The zero-order valence-corrected chi connectivity index (χ0v) is 9.80. The van der Waals surface area contributed by atoms with Crippen molar-refractivity contribution in [2.75, 3.05) is 0 Å². The van der Waals surface area contributed by atoms with Gasteiger partial charge < -0.3 is 0 Å². The highest BCUT2D eigenvalue weighted by Crippen LogP contribution is 1.92. The second kappa shape index (κ2) is 29.2. The molecule has 0 unspecified atom stereocenters. The Morgan fingerprint density at radius 1 is 0.750 bits per heavy atom. The van der Waals surface area contributed by atoms with Crippen molar-refractivity contribution >= 4 is 0 Å². The summed E-state index contributed by atoms with van der Waals surface area (Å²) in [4.78, 5) is 0. The molecular weight excluding hydrogens is 192 g/mol. The van der Waals surface area contributed by atoms with E-state index in [2.05, 4.69) is 32.9 Å². The van der Waals surface area contributed by atoms with E-state index in [0.29, 0.717) is 0 Å². The van der Waals surface area contributed by atoms with Gasteiger partial charge in [-0.15, -0.1) is 0 Å². The minimum atomic E-state index is 0. The third kappa shape index (κ3) is 29.2. The van der Waals surface area contributed by atoms with Gasteiger partial charge in [-0.05, 0) is 6.92 Å². The number of benzene rings is 1. The maximum absolute atomic E-state index is 2.18. The zero-order chi connectivity index (χ0) is 10.5. The average molecular weight is 228 g/mol.